The average molecular weight is 226 g/mol. The zero-order valence-electron chi connectivity index (χ0n) is 10.8. The van der Waals surface area contributed by atoms with Gasteiger partial charge >= 0.3 is 0 Å². The zero-order chi connectivity index (χ0) is 12.1. The fourth-order valence-electron chi connectivity index (χ4n) is 2.57. The summed E-state index contributed by atoms with van der Waals surface area (Å²) in [5.41, 5.74) is 5.64. The predicted octanol–water partition coefficient (Wildman–Crippen LogP) is 1.91. The molecule has 94 valence electrons. The van der Waals surface area contributed by atoms with Crippen molar-refractivity contribution < 1.29 is 4.79 Å². The molecule has 0 heterocycles. The van der Waals surface area contributed by atoms with Crippen LogP contribution in [0.5, 0.6) is 0 Å². The summed E-state index contributed by atoms with van der Waals surface area (Å²) in [6, 6.07) is 0.369. The van der Waals surface area contributed by atoms with Crippen molar-refractivity contribution in [2.75, 3.05) is 6.54 Å². The molecule has 0 saturated heterocycles. The first-order valence-corrected chi connectivity index (χ1v) is 6.60. The molecule has 4 atom stereocenters. The van der Waals surface area contributed by atoms with Crippen molar-refractivity contribution in [2.45, 2.75) is 52.5 Å². The molecule has 1 aliphatic rings. The Balaban J connectivity index is 2.44. The van der Waals surface area contributed by atoms with Crippen LogP contribution >= 0.6 is 0 Å². The Morgan fingerprint density at radius 1 is 1.44 bits per heavy atom. The summed E-state index contributed by atoms with van der Waals surface area (Å²) in [5.74, 6) is 1.50. The highest BCUT2D eigenvalue weighted by Crippen LogP contribution is 2.31. The van der Waals surface area contributed by atoms with Crippen LogP contribution in [0.3, 0.4) is 0 Å². The number of amides is 1. The van der Waals surface area contributed by atoms with Gasteiger partial charge in [-0.05, 0) is 31.1 Å². The highest BCUT2D eigenvalue weighted by atomic mass is 16.1. The number of hydrogen-bond donors (Lipinski definition) is 2. The smallest absolute Gasteiger partial charge is 0.224 e. The standard InChI is InChI=1S/C13H26N2O/c1-4-5-11(8-14)13(16)15-12-7-6-9(2)10(12)3/h9-12H,4-8,14H2,1-3H3,(H,15,16). The van der Waals surface area contributed by atoms with Gasteiger partial charge < -0.3 is 11.1 Å². The van der Waals surface area contributed by atoms with Crippen molar-refractivity contribution >= 4 is 5.91 Å². The Morgan fingerprint density at radius 3 is 2.56 bits per heavy atom. The van der Waals surface area contributed by atoms with Gasteiger partial charge in [-0.1, -0.05) is 27.2 Å². The maximum absolute atomic E-state index is 12.0. The topological polar surface area (TPSA) is 55.1 Å². The number of carbonyl (C=O) groups is 1. The molecular weight excluding hydrogens is 200 g/mol. The van der Waals surface area contributed by atoms with Crippen LogP contribution in [0.1, 0.15) is 46.5 Å². The van der Waals surface area contributed by atoms with E-state index in [-0.39, 0.29) is 11.8 Å². The molecule has 1 saturated carbocycles. The predicted molar refractivity (Wildman–Crippen MR) is 66.9 cm³/mol. The third-order valence-corrected chi connectivity index (χ3v) is 4.09. The molecule has 1 rings (SSSR count). The number of hydrogen-bond acceptors (Lipinski definition) is 2. The Labute approximate surface area is 99.2 Å². The lowest BCUT2D eigenvalue weighted by Crippen LogP contribution is -2.42. The molecule has 0 bridgehead atoms. The fourth-order valence-corrected chi connectivity index (χ4v) is 2.57. The lowest BCUT2D eigenvalue weighted by molar-refractivity contribution is -0.125. The van der Waals surface area contributed by atoms with Crippen molar-refractivity contribution in [2.24, 2.45) is 23.5 Å². The van der Waals surface area contributed by atoms with Crippen molar-refractivity contribution in [1.82, 2.24) is 5.32 Å². The van der Waals surface area contributed by atoms with Gasteiger partial charge in [-0.2, -0.15) is 0 Å². The van der Waals surface area contributed by atoms with Crippen LogP contribution in [0.15, 0.2) is 0 Å². The lowest BCUT2D eigenvalue weighted by atomic mass is 9.96. The molecule has 4 unspecified atom stereocenters. The SMILES string of the molecule is CCCC(CN)C(=O)NC1CCC(C)C1C. The second-order valence-electron chi connectivity index (χ2n) is 5.25. The first-order chi connectivity index (χ1) is 7.60. The molecule has 0 radical (unpaired) electrons. The van der Waals surface area contributed by atoms with Gasteiger partial charge in [-0.3, -0.25) is 4.79 Å². The minimum absolute atomic E-state index is 0.00751. The van der Waals surface area contributed by atoms with E-state index < -0.39 is 0 Å². The van der Waals surface area contributed by atoms with Crippen molar-refractivity contribution in [1.29, 1.82) is 0 Å². The molecule has 1 amide bonds. The van der Waals surface area contributed by atoms with Gasteiger partial charge in [-0.15, -0.1) is 0 Å². The monoisotopic (exact) mass is 226 g/mol. The second kappa shape index (κ2) is 6.24. The van der Waals surface area contributed by atoms with Gasteiger partial charge in [0.15, 0.2) is 0 Å². The summed E-state index contributed by atoms with van der Waals surface area (Å²) < 4.78 is 0. The summed E-state index contributed by atoms with van der Waals surface area (Å²) in [4.78, 5) is 12.0. The molecule has 16 heavy (non-hydrogen) atoms. The largest absolute Gasteiger partial charge is 0.353 e. The van der Waals surface area contributed by atoms with E-state index in [1.54, 1.807) is 0 Å². The highest BCUT2D eigenvalue weighted by Gasteiger charge is 2.31. The Morgan fingerprint density at radius 2 is 2.12 bits per heavy atom. The van der Waals surface area contributed by atoms with Crippen LogP contribution in [0.4, 0.5) is 0 Å². The van der Waals surface area contributed by atoms with Crippen molar-refractivity contribution in [3.8, 4) is 0 Å². The number of carbonyl (C=O) groups excluding carboxylic acids is 1. The molecule has 3 nitrogen and oxygen atoms in total. The van der Waals surface area contributed by atoms with E-state index in [4.69, 9.17) is 5.73 Å². The molecular formula is C13H26N2O. The molecule has 0 aliphatic heterocycles. The van der Waals surface area contributed by atoms with E-state index in [1.165, 1.54) is 6.42 Å². The number of rotatable bonds is 5. The summed E-state index contributed by atoms with van der Waals surface area (Å²) in [6.07, 6.45) is 4.27. The van der Waals surface area contributed by atoms with Crippen LogP contribution < -0.4 is 11.1 Å². The van der Waals surface area contributed by atoms with E-state index in [0.717, 1.165) is 25.2 Å². The highest BCUT2D eigenvalue weighted by molar-refractivity contribution is 5.79. The summed E-state index contributed by atoms with van der Waals surface area (Å²) >= 11 is 0. The second-order valence-corrected chi connectivity index (χ2v) is 5.25. The van der Waals surface area contributed by atoms with E-state index in [0.29, 0.717) is 18.5 Å². The maximum Gasteiger partial charge on any atom is 0.224 e. The van der Waals surface area contributed by atoms with Crippen LogP contribution in [0.2, 0.25) is 0 Å². The zero-order valence-corrected chi connectivity index (χ0v) is 10.8. The first-order valence-electron chi connectivity index (χ1n) is 6.60. The van der Waals surface area contributed by atoms with Gasteiger partial charge in [0, 0.05) is 12.6 Å². The van der Waals surface area contributed by atoms with Crippen LogP contribution in [0.25, 0.3) is 0 Å². The van der Waals surface area contributed by atoms with Crippen LogP contribution in [-0.2, 0) is 4.79 Å². The molecule has 1 aliphatic carbocycles. The molecule has 0 aromatic rings. The van der Waals surface area contributed by atoms with Gasteiger partial charge in [-0.25, -0.2) is 0 Å². The first kappa shape index (κ1) is 13.5. The van der Waals surface area contributed by atoms with Gasteiger partial charge in [0.2, 0.25) is 5.91 Å². The number of nitrogens with two attached hydrogens (primary N) is 1. The van der Waals surface area contributed by atoms with E-state index in [2.05, 4.69) is 26.1 Å². The molecule has 3 N–H and O–H groups in total. The van der Waals surface area contributed by atoms with Crippen LogP contribution in [0, 0.1) is 17.8 Å². The molecule has 0 aromatic heterocycles. The number of nitrogens with one attached hydrogen (secondary N) is 1. The van der Waals surface area contributed by atoms with E-state index >= 15 is 0 Å². The minimum atomic E-state index is 0.00751. The van der Waals surface area contributed by atoms with Crippen molar-refractivity contribution in [3.63, 3.8) is 0 Å². The third-order valence-electron chi connectivity index (χ3n) is 4.09. The Bertz CT molecular complexity index is 230. The quantitative estimate of drug-likeness (QED) is 0.752. The fraction of sp³-hybridized carbons (Fsp3) is 0.923. The van der Waals surface area contributed by atoms with E-state index in [9.17, 15) is 4.79 Å². The van der Waals surface area contributed by atoms with Gasteiger partial charge in [0.25, 0.3) is 0 Å². The normalized spacial score (nSPS) is 31.4. The van der Waals surface area contributed by atoms with Crippen LogP contribution in [-0.4, -0.2) is 18.5 Å². The maximum atomic E-state index is 12.0. The summed E-state index contributed by atoms with van der Waals surface area (Å²) in [5, 5.41) is 3.18. The van der Waals surface area contributed by atoms with Crippen molar-refractivity contribution in [3.05, 3.63) is 0 Å². The minimum Gasteiger partial charge on any atom is -0.353 e. The Hall–Kier alpha value is -0.570. The third kappa shape index (κ3) is 3.21. The lowest BCUT2D eigenvalue weighted by Gasteiger charge is -2.22. The average Bonchev–Trinajstić information content (AvgIpc) is 2.57. The van der Waals surface area contributed by atoms with E-state index in [1.807, 2.05) is 0 Å². The molecule has 3 heteroatoms. The van der Waals surface area contributed by atoms with Gasteiger partial charge in [0.05, 0.1) is 5.92 Å². The van der Waals surface area contributed by atoms with Gasteiger partial charge in [0.1, 0.15) is 0 Å². The molecule has 0 aromatic carbocycles. The molecule has 0 spiro atoms. The summed E-state index contributed by atoms with van der Waals surface area (Å²) in [7, 11) is 0. The summed E-state index contributed by atoms with van der Waals surface area (Å²) in [6.45, 7) is 7.07. The molecule has 1 fully saturated rings. The Kier molecular flexibility index (Phi) is 5.26.